The van der Waals surface area contributed by atoms with Crippen LogP contribution in [0.4, 0.5) is 0 Å². The second-order valence-corrected chi connectivity index (χ2v) is 6.70. The third-order valence-corrected chi connectivity index (χ3v) is 4.76. The van der Waals surface area contributed by atoms with Crippen LogP contribution in [0.25, 0.3) is 0 Å². The van der Waals surface area contributed by atoms with Crippen molar-refractivity contribution >= 4 is 29.1 Å². The fraction of sp³-hybridized carbons (Fsp3) is 0.562. The molecule has 1 amide bonds. The van der Waals surface area contributed by atoms with Crippen LogP contribution in [-0.2, 0) is 9.47 Å². The molecule has 1 heterocycles. The smallest absolute Gasteiger partial charge is 0.252 e. The average Bonchev–Trinajstić information content (AvgIpc) is 2.91. The first-order valence-corrected chi connectivity index (χ1v) is 8.39. The summed E-state index contributed by atoms with van der Waals surface area (Å²) in [5.74, 6) is -0.665. The molecule has 0 radical (unpaired) electrons. The summed E-state index contributed by atoms with van der Waals surface area (Å²) in [6.07, 6.45) is 5.28. The summed E-state index contributed by atoms with van der Waals surface area (Å²) in [6.45, 7) is 0.924. The van der Waals surface area contributed by atoms with Crippen molar-refractivity contribution in [2.75, 3.05) is 13.2 Å². The SMILES string of the molecule is O=C(NCC1COC2(CCCCC2)O1)c1cc(Cl)ccc1Cl. The quantitative estimate of drug-likeness (QED) is 0.907. The molecule has 1 aromatic carbocycles. The highest BCUT2D eigenvalue weighted by molar-refractivity contribution is 6.35. The largest absolute Gasteiger partial charge is 0.349 e. The van der Waals surface area contributed by atoms with Crippen molar-refractivity contribution in [2.24, 2.45) is 0 Å². The molecule has 120 valence electrons. The molecule has 1 unspecified atom stereocenters. The lowest BCUT2D eigenvalue weighted by Gasteiger charge is -2.31. The zero-order valence-electron chi connectivity index (χ0n) is 12.2. The van der Waals surface area contributed by atoms with Gasteiger partial charge in [-0.3, -0.25) is 4.79 Å². The minimum Gasteiger partial charge on any atom is -0.349 e. The Morgan fingerprint density at radius 2 is 2.05 bits per heavy atom. The predicted molar refractivity (Wildman–Crippen MR) is 85.4 cm³/mol. The monoisotopic (exact) mass is 343 g/mol. The number of halogens is 2. The molecule has 1 aliphatic heterocycles. The van der Waals surface area contributed by atoms with Gasteiger partial charge in [-0.1, -0.05) is 29.6 Å². The first-order valence-electron chi connectivity index (χ1n) is 7.63. The second-order valence-electron chi connectivity index (χ2n) is 5.86. The van der Waals surface area contributed by atoms with Gasteiger partial charge in [-0.25, -0.2) is 0 Å². The second kappa shape index (κ2) is 6.75. The summed E-state index contributed by atoms with van der Waals surface area (Å²) in [6, 6.07) is 4.83. The highest BCUT2D eigenvalue weighted by Crippen LogP contribution is 2.37. The van der Waals surface area contributed by atoms with Gasteiger partial charge in [-0.15, -0.1) is 0 Å². The summed E-state index contributed by atoms with van der Waals surface area (Å²) in [4.78, 5) is 12.2. The lowest BCUT2D eigenvalue weighted by atomic mass is 9.94. The maximum atomic E-state index is 12.2. The van der Waals surface area contributed by atoms with Gasteiger partial charge in [0.2, 0.25) is 0 Å². The minimum absolute atomic E-state index is 0.111. The van der Waals surface area contributed by atoms with Crippen molar-refractivity contribution in [1.29, 1.82) is 0 Å². The normalized spacial score (nSPS) is 23.6. The lowest BCUT2D eigenvalue weighted by Crippen LogP contribution is -2.37. The van der Waals surface area contributed by atoms with Gasteiger partial charge in [-0.2, -0.15) is 0 Å². The fourth-order valence-electron chi connectivity index (χ4n) is 3.04. The maximum absolute atomic E-state index is 12.2. The topological polar surface area (TPSA) is 47.6 Å². The van der Waals surface area contributed by atoms with E-state index in [9.17, 15) is 4.79 Å². The summed E-state index contributed by atoms with van der Waals surface area (Å²) >= 11 is 11.9. The molecule has 1 saturated carbocycles. The van der Waals surface area contributed by atoms with Crippen molar-refractivity contribution in [3.8, 4) is 0 Å². The Balaban J connectivity index is 1.54. The number of carbonyl (C=O) groups is 1. The van der Waals surface area contributed by atoms with E-state index in [2.05, 4.69) is 5.32 Å². The zero-order chi connectivity index (χ0) is 15.6. The Bertz CT molecular complexity index is 558. The summed E-state index contributed by atoms with van der Waals surface area (Å²) < 4.78 is 11.9. The minimum atomic E-state index is -0.415. The molecular weight excluding hydrogens is 325 g/mol. The van der Waals surface area contributed by atoms with Crippen LogP contribution in [0, 0.1) is 0 Å². The van der Waals surface area contributed by atoms with Crippen molar-refractivity contribution < 1.29 is 14.3 Å². The molecule has 1 saturated heterocycles. The Hall–Kier alpha value is -0.810. The molecule has 1 atom stereocenters. The molecule has 1 aromatic rings. The highest BCUT2D eigenvalue weighted by Gasteiger charge is 2.42. The molecule has 4 nitrogen and oxygen atoms in total. The van der Waals surface area contributed by atoms with Gasteiger partial charge < -0.3 is 14.8 Å². The van der Waals surface area contributed by atoms with Crippen LogP contribution in [0.2, 0.25) is 10.0 Å². The van der Waals surface area contributed by atoms with Crippen molar-refractivity contribution in [3.05, 3.63) is 33.8 Å². The molecule has 1 aliphatic carbocycles. The van der Waals surface area contributed by atoms with Crippen LogP contribution in [0.5, 0.6) is 0 Å². The number of hydrogen-bond acceptors (Lipinski definition) is 3. The molecule has 2 aliphatic rings. The van der Waals surface area contributed by atoms with E-state index in [0.717, 1.165) is 25.7 Å². The summed E-state index contributed by atoms with van der Waals surface area (Å²) in [7, 11) is 0. The van der Waals surface area contributed by atoms with Crippen LogP contribution in [0.1, 0.15) is 42.5 Å². The Kier molecular flexibility index (Phi) is 4.93. The van der Waals surface area contributed by atoms with Crippen LogP contribution < -0.4 is 5.32 Å². The van der Waals surface area contributed by atoms with Gasteiger partial charge in [0.25, 0.3) is 5.91 Å². The number of carbonyl (C=O) groups excluding carboxylic acids is 1. The van der Waals surface area contributed by atoms with Crippen LogP contribution in [-0.4, -0.2) is 30.9 Å². The number of ether oxygens (including phenoxy) is 2. The van der Waals surface area contributed by atoms with E-state index >= 15 is 0 Å². The van der Waals surface area contributed by atoms with Crippen LogP contribution in [0.3, 0.4) is 0 Å². The molecule has 0 bridgehead atoms. The van der Waals surface area contributed by atoms with E-state index in [-0.39, 0.29) is 12.0 Å². The van der Waals surface area contributed by atoms with Crippen molar-refractivity contribution in [1.82, 2.24) is 5.32 Å². The van der Waals surface area contributed by atoms with Crippen LogP contribution >= 0.6 is 23.2 Å². The molecule has 2 fully saturated rings. The van der Waals surface area contributed by atoms with Gasteiger partial charge >= 0.3 is 0 Å². The summed E-state index contributed by atoms with van der Waals surface area (Å²) in [5, 5.41) is 3.71. The molecule has 0 aromatic heterocycles. The van der Waals surface area contributed by atoms with E-state index in [1.807, 2.05) is 0 Å². The maximum Gasteiger partial charge on any atom is 0.252 e. The zero-order valence-corrected chi connectivity index (χ0v) is 13.8. The summed E-state index contributed by atoms with van der Waals surface area (Å²) in [5.41, 5.74) is 0.375. The van der Waals surface area contributed by atoms with E-state index < -0.39 is 5.79 Å². The number of hydrogen-bond donors (Lipinski definition) is 1. The van der Waals surface area contributed by atoms with Gasteiger partial charge in [0, 0.05) is 24.4 Å². The molecular formula is C16H19Cl2NO3. The lowest BCUT2D eigenvalue weighted by molar-refractivity contribution is -0.186. The fourth-order valence-corrected chi connectivity index (χ4v) is 3.42. The predicted octanol–water partition coefficient (Wildman–Crippen LogP) is 3.80. The van der Waals surface area contributed by atoms with E-state index in [0.29, 0.717) is 28.8 Å². The van der Waals surface area contributed by atoms with Crippen molar-refractivity contribution in [2.45, 2.75) is 44.0 Å². The van der Waals surface area contributed by atoms with Crippen molar-refractivity contribution in [3.63, 3.8) is 0 Å². The van der Waals surface area contributed by atoms with E-state index in [4.69, 9.17) is 32.7 Å². The average molecular weight is 344 g/mol. The molecule has 22 heavy (non-hydrogen) atoms. The first-order chi connectivity index (χ1) is 10.6. The first kappa shape index (κ1) is 16.1. The standard InChI is InChI=1S/C16H19Cl2NO3/c17-11-4-5-14(18)13(8-11)15(20)19-9-12-10-21-16(22-12)6-2-1-3-7-16/h4-5,8,12H,1-3,6-7,9-10H2,(H,19,20). The van der Waals surface area contributed by atoms with Gasteiger partial charge in [0.1, 0.15) is 6.10 Å². The number of amides is 1. The Morgan fingerprint density at radius 1 is 1.27 bits per heavy atom. The molecule has 6 heteroatoms. The Labute approximate surface area is 140 Å². The third kappa shape index (κ3) is 3.57. The third-order valence-electron chi connectivity index (χ3n) is 4.19. The number of rotatable bonds is 3. The highest BCUT2D eigenvalue weighted by atomic mass is 35.5. The van der Waals surface area contributed by atoms with Gasteiger partial charge in [0.05, 0.1) is 17.2 Å². The van der Waals surface area contributed by atoms with E-state index in [1.54, 1.807) is 18.2 Å². The molecule has 1 spiro atoms. The van der Waals surface area contributed by atoms with Crippen LogP contribution in [0.15, 0.2) is 18.2 Å². The molecule has 1 N–H and O–H groups in total. The van der Waals surface area contributed by atoms with E-state index in [1.165, 1.54) is 6.42 Å². The number of nitrogens with one attached hydrogen (secondary N) is 1. The Morgan fingerprint density at radius 3 is 2.82 bits per heavy atom. The van der Waals surface area contributed by atoms with Gasteiger partial charge in [-0.05, 0) is 31.0 Å². The number of benzene rings is 1. The van der Waals surface area contributed by atoms with Gasteiger partial charge in [0.15, 0.2) is 5.79 Å². The molecule has 3 rings (SSSR count).